The van der Waals surface area contributed by atoms with Crippen LogP contribution in [0, 0.1) is 0 Å². The van der Waals surface area contributed by atoms with Gasteiger partial charge in [-0.3, -0.25) is 0 Å². The molecule has 124 valence electrons. The Kier molecular flexibility index (Phi) is 8.15. The Morgan fingerprint density at radius 1 is 0.957 bits per heavy atom. The molecule has 0 saturated carbocycles. The summed E-state index contributed by atoms with van der Waals surface area (Å²) >= 11 is 3.58. The van der Waals surface area contributed by atoms with Gasteiger partial charge in [0.25, 0.3) is 0 Å². The molecule has 0 aliphatic heterocycles. The molecule has 0 aliphatic rings. The van der Waals surface area contributed by atoms with Crippen LogP contribution >= 0.6 is 15.9 Å². The smallest absolute Gasteiger partial charge is 0.134 e. The number of hydrogen-bond donors (Lipinski definition) is 2. The van der Waals surface area contributed by atoms with Crippen LogP contribution in [-0.4, -0.2) is 18.3 Å². The third kappa shape index (κ3) is 6.73. The Labute approximate surface area is 146 Å². The van der Waals surface area contributed by atoms with E-state index in [0.29, 0.717) is 6.61 Å². The van der Waals surface area contributed by atoms with E-state index in [0.717, 1.165) is 48.1 Å². The lowest BCUT2D eigenvalue weighted by Gasteiger charge is -2.10. The van der Waals surface area contributed by atoms with Crippen molar-refractivity contribution in [1.82, 2.24) is 5.32 Å². The number of benzene rings is 2. The highest BCUT2D eigenvalue weighted by Gasteiger charge is 2.03. The number of rotatable bonds is 10. The van der Waals surface area contributed by atoms with Gasteiger partial charge in [-0.2, -0.15) is 0 Å². The van der Waals surface area contributed by atoms with E-state index in [-0.39, 0.29) is 6.61 Å². The molecule has 0 atom stereocenters. The fourth-order valence-electron chi connectivity index (χ4n) is 2.28. The molecule has 0 radical (unpaired) electrons. The third-order valence-corrected chi connectivity index (χ3v) is 4.19. The van der Waals surface area contributed by atoms with E-state index in [1.807, 2.05) is 24.3 Å². The highest BCUT2D eigenvalue weighted by atomic mass is 79.9. The normalized spacial score (nSPS) is 10.7. The maximum Gasteiger partial charge on any atom is 0.134 e. The lowest BCUT2D eigenvalue weighted by Crippen LogP contribution is -2.14. The van der Waals surface area contributed by atoms with Crippen LogP contribution in [0.1, 0.15) is 30.4 Å². The van der Waals surface area contributed by atoms with Crippen molar-refractivity contribution in [1.29, 1.82) is 0 Å². The number of nitrogens with one attached hydrogen (secondary N) is 1. The topological polar surface area (TPSA) is 41.5 Å². The first-order valence-corrected chi connectivity index (χ1v) is 8.85. The molecule has 2 N–H and O–H groups in total. The second-order valence-electron chi connectivity index (χ2n) is 5.50. The predicted molar refractivity (Wildman–Crippen MR) is 97.6 cm³/mol. The Balaban J connectivity index is 1.76. The summed E-state index contributed by atoms with van der Waals surface area (Å²) in [6.07, 6.45) is 3.06. The van der Waals surface area contributed by atoms with E-state index >= 15 is 0 Å². The van der Waals surface area contributed by atoms with Gasteiger partial charge < -0.3 is 15.2 Å². The molecule has 0 spiro atoms. The molecule has 4 heteroatoms. The van der Waals surface area contributed by atoms with Gasteiger partial charge in [0.05, 0.1) is 4.47 Å². The van der Waals surface area contributed by atoms with Crippen LogP contribution in [-0.2, 0) is 13.2 Å². The fourth-order valence-corrected chi connectivity index (χ4v) is 2.82. The summed E-state index contributed by atoms with van der Waals surface area (Å²) in [6, 6.07) is 16.4. The first-order chi connectivity index (χ1) is 11.3. The summed E-state index contributed by atoms with van der Waals surface area (Å²) in [4.78, 5) is 0. The van der Waals surface area contributed by atoms with Crippen LogP contribution in [0.5, 0.6) is 5.75 Å². The monoisotopic (exact) mass is 377 g/mol. The van der Waals surface area contributed by atoms with Crippen molar-refractivity contribution >= 4 is 15.9 Å². The molecule has 0 aromatic heterocycles. The Morgan fingerprint density at radius 2 is 1.78 bits per heavy atom. The summed E-state index contributed by atoms with van der Waals surface area (Å²) in [7, 11) is 0. The molecule has 0 bridgehead atoms. The summed E-state index contributed by atoms with van der Waals surface area (Å²) in [6.45, 7) is 2.68. The molecule has 2 rings (SSSR count). The zero-order chi connectivity index (χ0) is 16.3. The van der Waals surface area contributed by atoms with Gasteiger partial charge in [0.1, 0.15) is 12.4 Å². The molecular formula is C19H24BrNO2. The van der Waals surface area contributed by atoms with E-state index in [1.165, 1.54) is 5.56 Å². The zero-order valence-corrected chi connectivity index (χ0v) is 14.9. The molecule has 3 nitrogen and oxygen atoms in total. The van der Waals surface area contributed by atoms with Crippen LogP contribution in [0.25, 0.3) is 0 Å². The lowest BCUT2D eigenvalue weighted by atomic mass is 10.2. The summed E-state index contributed by atoms with van der Waals surface area (Å²) < 4.78 is 6.84. The predicted octanol–water partition coefficient (Wildman–Crippen LogP) is 4.28. The van der Waals surface area contributed by atoms with Crippen molar-refractivity contribution in [3.8, 4) is 5.75 Å². The largest absolute Gasteiger partial charge is 0.488 e. The highest BCUT2D eigenvalue weighted by molar-refractivity contribution is 9.10. The second-order valence-corrected chi connectivity index (χ2v) is 6.35. The lowest BCUT2D eigenvalue weighted by molar-refractivity contribution is 0.283. The van der Waals surface area contributed by atoms with Crippen molar-refractivity contribution in [2.24, 2.45) is 0 Å². The van der Waals surface area contributed by atoms with Crippen molar-refractivity contribution in [3.63, 3.8) is 0 Å². The molecule has 0 saturated heterocycles. The van der Waals surface area contributed by atoms with Gasteiger partial charge in [-0.05, 0) is 65.0 Å². The molecule has 2 aromatic rings. The number of ether oxygens (including phenoxy) is 1. The molecule has 0 aliphatic carbocycles. The number of hydrogen-bond acceptors (Lipinski definition) is 3. The van der Waals surface area contributed by atoms with Gasteiger partial charge in [0, 0.05) is 13.2 Å². The average molecular weight is 378 g/mol. The van der Waals surface area contributed by atoms with Gasteiger partial charge in [-0.1, -0.05) is 36.4 Å². The standard InChI is InChI=1S/C19H24BrNO2/c20-18-13-17(14-21-11-5-2-6-12-22)9-10-19(18)23-15-16-7-3-1-4-8-16/h1,3-4,7-10,13,21-22H,2,5-6,11-12,14-15H2. The van der Waals surface area contributed by atoms with Crippen molar-refractivity contribution in [2.45, 2.75) is 32.4 Å². The van der Waals surface area contributed by atoms with Crippen LogP contribution in [0.2, 0.25) is 0 Å². The van der Waals surface area contributed by atoms with Gasteiger partial charge in [0.2, 0.25) is 0 Å². The highest BCUT2D eigenvalue weighted by Crippen LogP contribution is 2.26. The van der Waals surface area contributed by atoms with E-state index in [2.05, 4.69) is 45.5 Å². The van der Waals surface area contributed by atoms with Gasteiger partial charge in [-0.15, -0.1) is 0 Å². The van der Waals surface area contributed by atoms with Crippen molar-refractivity contribution < 1.29 is 9.84 Å². The maximum atomic E-state index is 8.74. The molecule has 0 amide bonds. The molecule has 0 fully saturated rings. The van der Waals surface area contributed by atoms with Crippen LogP contribution in [0.3, 0.4) is 0 Å². The third-order valence-electron chi connectivity index (χ3n) is 3.57. The second kappa shape index (κ2) is 10.4. The fraction of sp³-hybridized carbons (Fsp3) is 0.368. The summed E-state index contributed by atoms with van der Waals surface area (Å²) in [5.41, 5.74) is 2.39. The molecular weight excluding hydrogens is 354 g/mol. The number of aliphatic hydroxyl groups excluding tert-OH is 1. The van der Waals surface area contributed by atoms with Crippen LogP contribution < -0.4 is 10.1 Å². The van der Waals surface area contributed by atoms with Crippen LogP contribution in [0.15, 0.2) is 53.0 Å². The Hall–Kier alpha value is -1.36. The maximum absolute atomic E-state index is 8.74. The molecule has 0 unspecified atom stereocenters. The summed E-state index contributed by atoms with van der Waals surface area (Å²) in [5, 5.41) is 12.2. The van der Waals surface area contributed by atoms with Crippen molar-refractivity contribution in [2.75, 3.05) is 13.2 Å². The van der Waals surface area contributed by atoms with Crippen molar-refractivity contribution in [3.05, 3.63) is 64.1 Å². The number of unbranched alkanes of at least 4 members (excludes halogenated alkanes) is 2. The average Bonchev–Trinajstić information content (AvgIpc) is 2.58. The van der Waals surface area contributed by atoms with E-state index in [9.17, 15) is 0 Å². The van der Waals surface area contributed by atoms with E-state index < -0.39 is 0 Å². The first-order valence-electron chi connectivity index (χ1n) is 8.06. The molecule has 23 heavy (non-hydrogen) atoms. The number of halogens is 1. The minimum Gasteiger partial charge on any atom is -0.488 e. The van der Waals surface area contributed by atoms with E-state index in [1.54, 1.807) is 0 Å². The minimum atomic E-state index is 0.289. The van der Waals surface area contributed by atoms with Gasteiger partial charge >= 0.3 is 0 Å². The van der Waals surface area contributed by atoms with E-state index in [4.69, 9.17) is 9.84 Å². The Morgan fingerprint density at radius 3 is 2.52 bits per heavy atom. The van der Waals surface area contributed by atoms with Crippen LogP contribution in [0.4, 0.5) is 0 Å². The quantitative estimate of drug-likeness (QED) is 0.607. The molecule has 0 heterocycles. The Bertz CT molecular complexity index is 575. The SMILES string of the molecule is OCCCCCNCc1ccc(OCc2ccccc2)c(Br)c1. The number of aliphatic hydroxyl groups is 1. The van der Waals surface area contributed by atoms with Gasteiger partial charge in [0.15, 0.2) is 0 Å². The minimum absolute atomic E-state index is 0.289. The van der Waals surface area contributed by atoms with Gasteiger partial charge in [-0.25, -0.2) is 0 Å². The zero-order valence-electron chi connectivity index (χ0n) is 13.3. The molecule has 2 aromatic carbocycles. The first kappa shape index (κ1) is 18.0. The summed E-state index contributed by atoms with van der Waals surface area (Å²) in [5.74, 6) is 0.862.